The maximum Gasteiger partial charge on any atom is 0.237 e. The van der Waals surface area contributed by atoms with Crippen molar-refractivity contribution in [2.45, 2.75) is 58.5 Å². The Balaban J connectivity index is 1.40. The fourth-order valence-electron chi connectivity index (χ4n) is 4.84. The van der Waals surface area contributed by atoms with Crippen molar-refractivity contribution in [1.82, 2.24) is 24.7 Å². The van der Waals surface area contributed by atoms with Crippen molar-refractivity contribution in [2.24, 2.45) is 5.92 Å². The highest BCUT2D eigenvalue weighted by molar-refractivity contribution is 5.78. The van der Waals surface area contributed by atoms with Gasteiger partial charge in [0.15, 0.2) is 5.82 Å². The van der Waals surface area contributed by atoms with Crippen molar-refractivity contribution >= 4 is 11.8 Å². The highest BCUT2D eigenvalue weighted by Crippen LogP contribution is 2.30. The molecule has 0 spiro atoms. The fraction of sp³-hybridized carbons (Fsp3) is 0.714. The summed E-state index contributed by atoms with van der Waals surface area (Å²) in [5.74, 6) is 1.74. The van der Waals surface area contributed by atoms with Crippen molar-refractivity contribution in [3.05, 3.63) is 23.3 Å². The van der Waals surface area contributed by atoms with Crippen LogP contribution in [0, 0.1) is 5.92 Å². The first-order chi connectivity index (χ1) is 13.5. The summed E-state index contributed by atoms with van der Waals surface area (Å²) in [6.45, 7) is 8.55. The fourth-order valence-corrected chi connectivity index (χ4v) is 4.84. The van der Waals surface area contributed by atoms with Gasteiger partial charge in [0, 0.05) is 51.3 Å². The molecule has 0 saturated carbocycles. The Morgan fingerprint density at radius 2 is 2.00 bits per heavy atom. The lowest BCUT2D eigenvalue weighted by molar-refractivity contribution is -0.134. The number of piperidine rings is 1. The predicted molar refractivity (Wildman–Crippen MR) is 105 cm³/mol. The molecule has 3 aliphatic rings. The van der Waals surface area contributed by atoms with Gasteiger partial charge in [0.25, 0.3) is 0 Å². The Hall–Kier alpha value is -2.02. The molecule has 0 N–H and O–H groups in total. The molecule has 7 nitrogen and oxygen atoms in total. The molecule has 4 rings (SSSR count). The maximum absolute atomic E-state index is 12.8. The lowest BCUT2D eigenvalue weighted by atomic mass is 10.0. The molecule has 7 heteroatoms. The van der Waals surface area contributed by atoms with Crippen molar-refractivity contribution in [1.29, 1.82) is 0 Å². The number of rotatable bonds is 3. The van der Waals surface area contributed by atoms with E-state index in [1.54, 1.807) is 6.92 Å². The number of amides is 2. The second-order valence-electron chi connectivity index (χ2n) is 8.62. The molecule has 28 heavy (non-hydrogen) atoms. The Labute approximate surface area is 167 Å². The number of carbonyl (C=O) groups is 2. The third-order valence-electron chi connectivity index (χ3n) is 6.36. The molecule has 0 bridgehead atoms. The Kier molecular flexibility index (Phi) is 5.62. The van der Waals surface area contributed by atoms with Gasteiger partial charge in [0.2, 0.25) is 11.8 Å². The highest BCUT2D eigenvalue weighted by Gasteiger charge is 2.31. The quantitative estimate of drug-likeness (QED) is 0.793. The molecule has 2 amide bonds. The van der Waals surface area contributed by atoms with Gasteiger partial charge < -0.3 is 9.80 Å². The lowest BCUT2D eigenvalue weighted by Gasteiger charge is -2.34. The zero-order chi connectivity index (χ0) is 19.7. The van der Waals surface area contributed by atoms with Gasteiger partial charge >= 0.3 is 0 Å². The summed E-state index contributed by atoms with van der Waals surface area (Å²) in [5.41, 5.74) is 2.08. The summed E-state index contributed by atoms with van der Waals surface area (Å²) >= 11 is 0. The van der Waals surface area contributed by atoms with Crippen LogP contribution >= 0.6 is 0 Å². The number of aromatic nitrogens is 2. The van der Waals surface area contributed by atoms with Crippen LogP contribution in [0.15, 0.2) is 6.20 Å². The van der Waals surface area contributed by atoms with E-state index in [0.29, 0.717) is 25.6 Å². The molecule has 4 heterocycles. The number of hydrogen-bond donors (Lipinski definition) is 0. The van der Waals surface area contributed by atoms with Gasteiger partial charge in [-0.25, -0.2) is 9.97 Å². The second-order valence-corrected chi connectivity index (χ2v) is 8.62. The number of hydrogen-bond acceptors (Lipinski definition) is 5. The third kappa shape index (κ3) is 4.04. The van der Waals surface area contributed by atoms with E-state index in [1.807, 2.05) is 16.0 Å². The zero-order valence-electron chi connectivity index (χ0n) is 17.1. The molecule has 3 aliphatic heterocycles. The van der Waals surface area contributed by atoms with Crippen LogP contribution in [0.25, 0.3) is 0 Å². The summed E-state index contributed by atoms with van der Waals surface area (Å²) in [6, 6.07) is 0.00329. The third-order valence-corrected chi connectivity index (χ3v) is 6.36. The summed E-state index contributed by atoms with van der Waals surface area (Å²) < 4.78 is 0. The van der Waals surface area contributed by atoms with Crippen LogP contribution in [-0.2, 0) is 22.6 Å². The number of nitrogens with zero attached hydrogens (tertiary/aromatic N) is 5. The Morgan fingerprint density at radius 1 is 1.18 bits per heavy atom. The first kappa shape index (κ1) is 19.3. The topological polar surface area (TPSA) is 69.6 Å². The molecule has 1 aromatic heterocycles. The lowest BCUT2D eigenvalue weighted by Crippen LogP contribution is -2.45. The van der Waals surface area contributed by atoms with Crippen LogP contribution in [-0.4, -0.2) is 69.2 Å². The van der Waals surface area contributed by atoms with Crippen LogP contribution in [0.2, 0.25) is 0 Å². The molecule has 152 valence electrons. The molecule has 2 fully saturated rings. The van der Waals surface area contributed by atoms with Crippen LogP contribution in [0.3, 0.4) is 0 Å². The minimum Gasteiger partial charge on any atom is -0.337 e. The molecule has 0 aromatic carbocycles. The number of carbonyl (C=O) groups excluding carboxylic acids is 2. The van der Waals surface area contributed by atoms with Gasteiger partial charge in [0.05, 0.1) is 18.3 Å². The molecular formula is C21H31N5O2. The van der Waals surface area contributed by atoms with Crippen molar-refractivity contribution in [3.8, 4) is 0 Å². The molecule has 2 saturated heterocycles. The van der Waals surface area contributed by atoms with Crippen LogP contribution in [0.5, 0.6) is 0 Å². The molecule has 2 atom stereocenters. The van der Waals surface area contributed by atoms with Gasteiger partial charge in [-0.1, -0.05) is 6.92 Å². The summed E-state index contributed by atoms with van der Waals surface area (Å²) in [6.07, 6.45) is 7.02. The Morgan fingerprint density at radius 3 is 2.79 bits per heavy atom. The van der Waals surface area contributed by atoms with Gasteiger partial charge in [-0.3, -0.25) is 14.5 Å². The van der Waals surface area contributed by atoms with Crippen LogP contribution in [0.1, 0.15) is 62.7 Å². The molecule has 0 radical (unpaired) electrons. The zero-order valence-corrected chi connectivity index (χ0v) is 17.1. The van der Waals surface area contributed by atoms with E-state index >= 15 is 0 Å². The monoisotopic (exact) mass is 385 g/mol. The van der Waals surface area contributed by atoms with Crippen molar-refractivity contribution in [3.63, 3.8) is 0 Å². The highest BCUT2D eigenvalue weighted by atomic mass is 16.2. The van der Waals surface area contributed by atoms with Crippen molar-refractivity contribution < 1.29 is 9.59 Å². The first-order valence-corrected chi connectivity index (χ1v) is 10.6. The average molecular weight is 386 g/mol. The maximum atomic E-state index is 12.8. The SMILES string of the molecule is CC(=O)N1CCC[C@H]1c1ncc2c(n1)CCN(C(=O)CN1CCC[C@H](C)C1)C2. The summed E-state index contributed by atoms with van der Waals surface area (Å²) in [5, 5.41) is 0. The van der Waals surface area contributed by atoms with E-state index < -0.39 is 0 Å². The van der Waals surface area contributed by atoms with E-state index in [1.165, 1.54) is 12.8 Å². The van der Waals surface area contributed by atoms with Crippen LogP contribution < -0.4 is 0 Å². The van der Waals surface area contributed by atoms with E-state index in [-0.39, 0.29) is 17.9 Å². The van der Waals surface area contributed by atoms with E-state index in [9.17, 15) is 9.59 Å². The molecule has 1 aromatic rings. The van der Waals surface area contributed by atoms with Gasteiger partial charge in [-0.2, -0.15) is 0 Å². The Bertz CT molecular complexity index is 752. The van der Waals surface area contributed by atoms with E-state index in [4.69, 9.17) is 4.98 Å². The summed E-state index contributed by atoms with van der Waals surface area (Å²) in [4.78, 5) is 40.1. The van der Waals surface area contributed by atoms with Crippen LogP contribution in [0.4, 0.5) is 0 Å². The molecule has 0 unspecified atom stereocenters. The minimum atomic E-state index is 0.00329. The van der Waals surface area contributed by atoms with E-state index in [2.05, 4.69) is 16.8 Å². The minimum absolute atomic E-state index is 0.00329. The largest absolute Gasteiger partial charge is 0.337 e. The number of likely N-dealkylation sites (tertiary alicyclic amines) is 2. The molecular weight excluding hydrogens is 354 g/mol. The summed E-state index contributed by atoms with van der Waals surface area (Å²) in [7, 11) is 0. The van der Waals surface area contributed by atoms with Gasteiger partial charge in [-0.05, 0) is 38.1 Å². The number of fused-ring (bicyclic) bond motifs is 1. The molecule has 0 aliphatic carbocycles. The van der Waals surface area contributed by atoms with Crippen molar-refractivity contribution in [2.75, 3.05) is 32.7 Å². The standard InChI is InChI=1S/C21H31N5O2/c1-15-5-3-8-24(12-15)14-20(28)25-10-7-18-17(13-25)11-22-21(23-18)19-6-4-9-26(19)16(2)27/h11,15,19H,3-10,12-14H2,1-2H3/t15-,19-/m0/s1. The first-order valence-electron chi connectivity index (χ1n) is 10.6. The van der Waals surface area contributed by atoms with Gasteiger partial charge in [0.1, 0.15) is 0 Å². The van der Waals surface area contributed by atoms with Gasteiger partial charge in [-0.15, -0.1) is 0 Å². The smallest absolute Gasteiger partial charge is 0.237 e. The van der Waals surface area contributed by atoms with E-state index in [0.717, 1.165) is 56.0 Å². The predicted octanol–water partition coefficient (Wildman–Crippen LogP) is 1.78. The average Bonchev–Trinajstić information content (AvgIpc) is 3.17. The second kappa shape index (κ2) is 8.15. The normalized spacial score (nSPS) is 25.6.